The van der Waals surface area contributed by atoms with Gasteiger partial charge in [-0.05, 0) is 25.2 Å². The van der Waals surface area contributed by atoms with Crippen molar-refractivity contribution in [3.05, 3.63) is 0 Å². The fourth-order valence-electron chi connectivity index (χ4n) is 3.98. The van der Waals surface area contributed by atoms with E-state index in [4.69, 9.17) is 9.47 Å². The third kappa shape index (κ3) is 5.00. The Hall–Kier alpha value is -0.740. The third-order valence-corrected chi connectivity index (χ3v) is 7.83. The van der Waals surface area contributed by atoms with Crippen molar-refractivity contribution in [2.24, 2.45) is 11.8 Å². The molecular formula is C18H33N3O5S. The molecule has 0 radical (unpaired) electrons. The zero-order valence-electron chi connectivity index (χ0n) is 16.5. The second-order valence-electron chi connectivity index (χ2n) is 8.16. The van der Waals surface area contributed by atoms with Crippen LogP contribution in [0.3, 0.4) is 0 Å². The van der Waals surface area contributed by atoms with Crippen LogP contribution >= 0.6 is 0 Å². The molecule has 0 atom stereocenters. The Morgan fingerprint density at radius 1 is 1.07 bits per heavy atom. The average Bonchev–Trinajstić information content (AvgIpc) is 3.09. The first-order chi connectivity index (χ1) is 12.8. The number of hydrogen-bond acceptors (Lipinski definition) is 5. The Balaban J connectivity index is 1.46. The van der Waals surface area contributed by atoms with Crippen LogP contribution in [0.5, 0.6) is 0 Å². The summed E-state index contributed by atoms with van der Waals surface area (Å²) in [4.78, 5) is 12.3. The summed E-state index contributed by atoms with van der Waals surface area (Å²) in [5.41, 5.74) is 0. The summed E-state index contributed by atoms with van der Waals surface area (Å²) in [7, 11) is -3.48. The van der Waals surface area contributed by atoms with E-state index in [-0.39, 0.29) is 11.8 Å². The zero-order valence-corrected chi connectivity index (χ0v) is 17.3. The number of nitrogens with zero attached hydrogens (tertiary/aromatic N) is 2. The number of rotatable bonds is 6. The summed E-state index contributed by atoms with van der Waals surface area (Å²) < 4.78 is 40.3. The predicted octanol–water partition coefficient (Wildman–Crippen LogP) is 0.944. The van der Waals surface area contributed by atoms with Gasteiger partial charge in [-0.15, -0.1) is 0 Å². The van der Waals surface area contributed by atoms with E-state index < -0.39 is 16.0 Å². The van der Waals surface area contributed by atoms with Gasteiger partial charge in [-0.1, -0.05) is 13.8 Å². The van der Waals surface area contributed by atoms with Gasteiger partial charge in [0, 0.05) is 51.5 Å². The van der Waals surface area contributed by atoms with Gasteiger partial charge in [-0.25, -0.2) is 0 Å². The van der Waals surface area contributed by atoms with E-state index >= 15 is 0 Å². The van der Waals surface area contributed by atoms with Gasteiger partial charge >= 0.3 is 0 Å². The lowest BCUT2D eigenvalue weighted by Crippen LogP contribution is -2.53. The van der Waals surface area contributed by atoms with Crippen LogP contribution in [0.4, 0.5) is 0 Å². The monoisotopic (exact) mass is 403 g/mol. The van der Waals surface area contributed by atoms with Crippen molar-refractivity contribution in [1.82, 2.24) is 13.9 Å². The molecule has 1 amide bonds. The maximum Gasteiger partial charge on any atom is 0.281 e. The van der Waals surface area contributed by atoms with Gasteiger partial charge in [0.15, 0.2) is 5.79 Å². The molecule has 27 heavy (non-hydrogen) atoms. The third-order valence-electron chi connectivity index (χ3n) is 5.80. The number of ether oxygens (including phenoxy) is 2. The first kappa shape index (κ1) is 21.0. The van der Waals surface area contributed by atoms with Gasteiger partial charge in [0.25, 0.3) is 10.2 Å². The fraction of sp³-hybridized carbons (Fsp3) is 0.944. The normalized spacial score (nSPS) is 25.3. The second kappa shape index (κ2) is 8.73. The highest BCUT2D eigenvalue weighted by molar-refractivity contribution is 7.86. The molecule has 0 aromatic rings. The Kier molecular flexibility index (Phi) is 6.79. The molecule has 3 aliphatic rings. The number of carbonyl (C=O) groups excluding carboxylic acids is 1. The summed E-state index contributed by atoms with van der Waals surface area (Å²) in [5, 5.41) is 2.98. The molecule has 1 spiro atoms. The molecule has 3 aliphatic heterocycles. The highest BCUT2D eigenvalue weighted by atomic mass is 32.2. The maximum atomic E-state index is 12.9. The summed E-state index contributed by atoms with van der Waals surface area (Å²) >= 11 is 0. The first-order valence-corrected chi connectivity index (χ1v) is 11.5. The van der Waals surface area contributed by atoms with Gasteiger partial charge in [0.05, 0.1) is 13.2 Å². The quantitative estimate of drug-likeness (QED) is 0.713. The second-order valence-corrected chi connectivity index (χ2v) is 10.1. The van der Waals surface area contributed by atoms with E-state index in [1.165, 1.54) is 8.61 Å². The Morgan fingerprint density at radius 3 is 2.19 bits per heavy atom. The minimum Gasteiger partial charge on any atom is -0.356 e. The molecule has 0 aromatic heterocycles. The van der Waals surface area contributed by atoms with E-state index in [2.05, 4.69) is 19.2 Å². The summed E-state index contributed by atoms with van der Waals surface area (Å²) in [5.74, 6) is -0.0507. The molecule has 8 nitrogen and oxygen atoms in total. The predicted molar refractivity (Wildman–Crippen MR) is 101 cm³/mol. The van der Waals surface area contributed by atoms with Crippen LogP contribution in [-0.2, 0) is 24.5 Å². The molecule has 156 valence electrons. The molecule has 3 rings (SSSR count). The molecule has 9 heteroatoms. The number of carbonyl (C=O) groups is 1. The lowest BCUT2D eigenvalue weighted by atomic mass is 9.97. The zero-order chi connectivity index (χ0) is 19.5. The van der Waals surface area contributed by atoms with Crippen LogP contribution in [0.15, 0.2) is 0 Å². The number of hydrogen-bond donors (Lipinski definition) is 1. The van der Waals surface area contributed by atoms with Crippen LogP contribution in [0.1, 0.15) is 46.0 Å². The molecule has 0 unspecified atom stereocenters. The van der Waals surface area contributed by atoms with E-state index in [0.717, 1.165) is 6.42 Å². The lowest BCUT2D eigenvalue weighted by molar-refractivity contribution is -0.179. The van der Waals surface area contributed by atoms with Crippen molar-refractivity contribution >= 4 is 16.1 Å². The summed E-state index contributed by atoms with van der Waals surface area (Å²) in [6, 6.07) is 0. The van der Waals surface area contributed by atoms with Gasteiger partial charge in [-0.3, -0.25) is 4.79 Å². The van der Waals surface area contributed by atoms with Crippen LogP contribution in [0.2, 0.25) is 0 Å². The fourth-order valence-corrected chi connectivity index (χ4v) is 5.63. The van der Waals surface area contributed by atoms with Crippen LogP contribution < -0.4 is 5.32 Å². The van der Waals surface area contributed by atoms with E-state index in [1.807, 2.05) is 0 Å². The first-order valence-electron chi connectivity index (χ1n) is 10.1. The smallest absolute Gasteiger partial charge is 0.281 e. The van der Waals surface area contributed by atoms with Gasteiger partial charge in [0.2, 0.25) is 5.91 Å². The van der Waals surface area contributed by atoms with E-state index in [1.54, 1.807) is 0 Å². The van der Waals surface area contributed by atoms with Gasteiger partial charge in [0.1, 0.15) is 0 Å². The van der Waals surface area contributed by atoms with Gasteiger partial charge < -0.3 is 14.8 Å². The molecule has 0 saturated carbocycles. The molecule has 3 fully saturated rings. The Labute approximate surface area is 162 Å². The lowest BCUT2D eigenvalue weighted by Gasteiger charge is -2.40. The van der Waals surface area contributed by atoms with Crippen molar-refractivity contribution < 1.29 is 22.7 Å². The number of piperidine rings is 2. The SMILES string of the molecule is CC(C)CCNC(=O)C1CCN(S(=O)(=O)N2CCC3(CC2)OCCO3)CC1. The molecule has 1 N–H and O–H groups in total. The maximum absolute atomic E-state index is 12.9. The molecular weight excluding hydrogens is 370 g/mol. The summed E-state index contributed by atoms with van der Waals surface area (Å²) in [6.07, 6.45) is 3.26. The van der Waals surface area contributed by atoms with Crippen molar-refractivity contribution in [2.75, 3.05) is 45.9 Å². The molecule has 0 bridgehead atoms. The topological polar surface area (TPSA) is 88.2 Å². The van der Waals surface area contributed by atoms with Crippen molar-refractivity contribution in [3.63, 3.8) is 0 Å². The van der Waals surface area contributed by atoms with E-state index in [9.17, 15) is 13.2 Å². The minimum absolute atomic E-state index is 0.0585. The summed E-state index contributed by atoms with van der Waals surface area (Å²) in [6.45, 7) is 7.74. The molecule has 3 heterocycles. The molecule has 0 aromatic carbocycles. The molecule has 3 saturated heterocycles. The van der Waals surface area contributed by atoms with Crippen LogP contribution in [-0.4, -0.2) is 74.7 Å². The van der Waals surface area contributed by atoms with Crippen molar-refractivity contribution in [3.8, 4) is 0 Å². The average molecular weight is 404 g/mol. The Morgan fingerprint density at radius 2 is 1.63 bits per heavy atom. The van der Waals surface area contributed by atoms with Crippen LogP contribution in [0, 0.1) is 11.8 Å². The van der Waals surface area contributed by atoms with Gasteiger partial charge in [-0.2, -0.15) is 17.0 Å². The van der Waals surface area contributed by atoms with Crippen molar-refractivity contribution in [2.45, 2.75) is 51.7 Å². The Bertz CT molecular complexity index is 600. The number of nitrogens with one attached hydrogen (secondary N) is 1. The highest BCUT2D eigenvalue weighted by Crippen LogP contribution is 2.33. The standard InChI is InChI=1S/C18H33N3O5S/c1-15(2)3-8-19-17(22)16-4-9-20(10-5-16)27(23,24)21-11-6-18(7-12-21)25-13-14-26-18/h15-16H,3-14H2,1-2H3,(H,19,22). The van der Waals surface area contributed by atoms with E-state index in [0.29, 0.717) is 77.5 Å². The highest BCUT2D eigenvalue weighted by Gasteiger charge is 2.44. The largest absolute Gasteiger partial charge is 0.356 e. The molecule has 0 aliphatic carbocycles. The van der Waals surface area contributed by atoms with Crippen molar-refractivity contribution in [1.29, 1.82) is 0 Å². The van der Waals surface area contributed by atoms with Crippen LogP contribution in [0.25, 0.3) is 0 Å². The number of amides is 1. The minimum atomic E-state index is -3.48.